The minimum absolute atomic E-state index is 0.892. The standard InChI is InChI=1S/C10H8N4/c1-7-10-8(6-11-13-7)12-9-4-2-3-5-14(9)10/h2-6H,1H3. The van der Waals surface area contributed by atoms with Crippen molar-refractivity contribution in [1.29, 1.82) is 0 Å². The van der Waals surface area contributed by atoms with Gasteiger partial charge < -0.3 is 0 Å². The lowest BCUT2D eigenvalue weighted by Crippen LogP contribution is -1.89. The van der Waals surface area contributed by atoms with E-state index in [0.717, 1.165) is 22.4 Å². The molecule has 14 heavy (non-hydrogen) atoms. The van der Waals surface area contributed by atoms with Crippen molar-refractivity contribution < 1.29 is 0 Å². The zero-order valence-corrected chi connectivity index (χ0v) is 7.68. The molecule has 0 radical (unpaired) electrons. The van der Waals surface area contributed by atoms with E-state index in [1.807, 2.05) is 35.7 Å². The quantitative estimate of drug-likeness (QED) is 0.532. The number of nitrogens with zero attached hydrogens (tertiary/aromatic N) is 4. The molecule has 68 valence electrons. The van der Waals surface area contributed by atoms with E-state index in [0.29, 0.717) is 0 Å². The normalized spacial score (nSPS) is 11.2. The Labute approximate surface area is 80.2 Å². The van der Waals surface area contributed by atoms with Crippen LogP contribution in [0.15, 0.2) is 30.6 Å². The summed E-state index contributed by atoms with van der Waals surface area (Å²) in [4.78, 5) is 4.44. The number of fused-ring (bicyclic) bond motifs is 3. The van der Waals surface area contributed by atoms with E-state index in [-0.39, 0.29) is 0 Å². The number of hydrogen-bond acceptors (Lipinski definition) is 3. The van der Waals surface area contributed by atoms with E-state index in [2.05, 4.69) is 15.2 Å². The monoisotopic (exact) mass is 184 g/mol. The van der Waals surface area contributed by atoms with Crippen LogP contribution in [0.2, 0.25) is 0 Å². The van der Waals surface area contributed by atoms with Crippen LogP contribution in [0, 0.1) is 6.92 Å². The Balaban J connectivity index is 2.65. The molecule has 4 heteroatoms. The molecule has 0 bridgehead atoms. The molecule has 0 aliphatic carbocycles. The molecule has 0 atom stereocenters. The maximum absolute atomic E-state index is 4.44. The molecule has 0 amide bonds. The third-order valence-corrected chi connectivity index (χ3v) is 2.29. The fraction of sp³-hybridized carbons (Fsp3) is 0.100. The van der Waals surface area contributed by atoms with Crippen LogP contribution in [-0.2, 0) is 0 Å². The van der Waals surface area contributed by atoms with E-state index in [9.17, 15) is 0 Å². The Morgan fingerprint density at radius 1 is 1.29 bits per heavy atom. The highest BCUT2D eigenvalue weighted by Gasteiger charge is 2.06. The number of imidazole rings is 1. The first-order valence-corrected chi connectivity index (χ1v) is 4.41. The molecular weight excluding hydrogens is 176 g/mol. The summed E-state index contributed by atoms with van der Waals surface area (Å²) in [6.45, 7) is 1.94. The third-order valence-electron chi connectivity index (χ3n) is 2.29. The molecule has 0 aliphatic heterocycles. The second-order valence-corrected chi connectivity index (χ2v) is 3.20. The molecule has 0 saturated heterocycles. The van der Waals surface area contributed by atoms with E-state index >= 15 is 0 Å². The maximum atomic E-state index is 4.44. The number of aryl methyl sites for hydroxylation is 1. The van der Waals surface area contributed by atoms with Gasteiger partial charge in [-0.1, -0.05) is 6.07 Å². The van der Waals surface area contributed by atoms with Gasteiger partial charge in [0.25, 0.3) is 0 Å². The highest BCUT2D eigenvalue weighted by Crippen LogP contribution is 2.16. The van der Waals surface area contributed by atoms with Crippen molar-refractivity contribution in [2.75, 3.05) is 0 Å². The SMILES string of the molecule is Cc1nncc2nc3ccccn3c12. The molecule has 3 rings (SSSR count). The molecule has 3 heterocycles. The zero-order valence-electron chi connectivity index (χ0n) is 7.68. The van der Waals surface area contributed by atoms with Gasteiger partial charge in [-0.2, -0.15) is 10.2 Å². The van der Waals surface area contributed by atoms with Crippen LogP contribution in [0.5, 0.6) is 0 Å². The van der Waals surface area contributed by atoms with Crippen molar-refractivity contribution in [2.45, 2.75) is 6.92 Å². The third kappa shape index (κ3) is 0.849. The van der Waals surface area contributed by atoms with Gasteiger partial charge in [-0.05, 0) is 19.1 Å². The van der Waals surface area contributed by atoms with Gasteiger partial charge in [0.1, 0.15) is 11.2 Å². The van der Waals surface area contributed by atoms with Crippen molar-refractivity contribution in [1.82, 2.24) is 19.6 Å². The van der Waals surface area contributed by atoms with Crippen molar-refractivity contribution >= 4 is 16.7 Å². The number of pyridine rings is 1. The van der Waals surface area contributed by atoms with Gasteiger partial charge in [-0.15, -0.1) is 0 Å². The zero-order chi connectivity index (χ0) is 9.54. The van der Waals surface area contributed by atoms with Gasteiger partial charge >= 0.3 is 0 Å². The average Bonchev–Trinajstić information content (AvgIpc) is 2.57. The summed E-state index contributed by atoms with van der Waals surface area (Å²) in [6, 6.07) is 5.92. The lowest BCUT2D eigenvalue weighted by atomic mass is 10.3. The molecule has 4 nitrogen and oxygen atoms in total. The second kappa shape index (κ2) is 2.51. The minimum atomic E-state index is 0.892. The van der Waals surface area contributed by atoms with E-state index in [4.69, 9.17) is 0 Å². The largest absolute Gasteiger partial charge is 0.298 e. The summed E-state index contributed by atoms with van der Waals surface area (Å²) in [5.74, 6) is 0. The van der Waals surface area contributed by atoms with E-state index in [1.165, 1.54) is 0 Å². The first-order valence-electron chi connectivity index (χ1n) is 4.41. The predicted molar refractivity (Wildman–Crippen MR) is 53.0 cm³/mol. The summed E-state index contributed by atoms with van der Waals surface area (Å²) in [5, 5.41) is 7.90. The molecule has 0 aliphatic rings. The lowest BCUT2D eigenvalue weighted by molar-refractivity contribution is 0.992. The van der Waals surface area contributed by atoms with Crippen LogP contribution in [0.1, 0.15) is 5.69 Å². The van der Waals surface area contributed by atoms with Gasteiger partial charge in [-0.25, -0.2) is 4.98 Å². The Hall–Kier alpha value is -1.97. The van der Waals surface area contributed by atoms with Crippen molar-refractivity contribution in [3.63, 3.8) is 0 Å². The average molecular weight is 184 g/mol. The smallest absolute Gasteiger partial charge is 0.138 e. The topological polar surface area (TPSA) is 43.1 Å². The highest BCUT2D eigenvalue weighted by molar-refractivity contribution is 5.81. The molecule has 3 aromatic rings. The second-order valence-electron chi connectivity index (χ2n) is 3.20. The van der Waals surface area contributed by atoms with Crippen molar-refractivity contribution in [3.05, 3.63) is 36.3 Å². The Bertz CT molecular complexity index is 612. The van der Waals surface area contributed by atoms with E-state index < -0.39 is 0 Å². The first-order chi connectivity index (χ1) is 6.86. The van der Waals surface area contributed by atoms with Crippen LogP contribution < -0.4 is 0 Å². The molecule has 0 spiro atoms. The van der Waals surface area contributed by atoms with E-state index in [1.54, 1.807) is 6.20 Å². The van der Waals surface area contributed by atoms with Gasteiger partial charge in [0.2, 0.25) is 0 Å². The van der Waals surface area contributed by atoms with Crippen LogP contribution in [0.25, 0.3) is 16.7 Å². The number of rotatable bonds is 0. The highest BCUT2D eigenvalue weighted by atomic mass is 15.1. The molecule has 0 aromatic carbocycles. The van der Waals surface area contributed by atoms with Crippen LogP contribution in [0.3, 0.4) is 0 Å². The Morgan fingerprint density at radius 2 is 2.21 bits per heavy atom. The molecule has 0 N–H and O–H groups in total. The summed E-state index contributed by atoms with van der Waals surface area (Å²) in [5.41, 5.74) is 3.76. The molecule has 0 unspecified atom stereocenters. The van der Waals surface area contributed by atoms with Gasteiger partial charge in [0.15, 0.2) is 0 Å². The maximum Gasteiger partial charge on any atom is 0.138 e. The predicted octanol–water partition coefficient (Wildman–Crippen LogP) is 1.59. The van der Waals surface area contributed by atoms with Crippen molar-refractivity contribution in [3.8, 4) is 0 Å². The van der Waals surface area contributed by atoms with Gasteiger partial charge in [0.05, 0.1) is 17.4 Å². The summed E-state index contributed by atoms with van der Waals surface area (Å²) in [6.07, 6.45) is 3.68. The Kier molecular flexibility index (Phi) is 1.33. The molecule has 0 fully saturated rings. The fourth-order valence-electron chi connectivity index (χ4n) is 1.68. The Morgan fingerprint density at radius 3 is 3.14 bits per heavy atom. The van der Waals surface area contributed by atoms with Gasteiger partial charge in [0, 0.05) is 6.20 Å². The molecular formula is C10H8N4. The van der Waals surface area contributed by atoms with Gasteiger partial charge in [-0.3, -0.25) is 4.40 Å². The molecule has 0 saturated carbocycles. The summed E-state index contributed by atoms with van der Waals surface area (Å²) >= 11 is 0. The number of hydrogen-bond donors (Lipinski definition) is 0. The van der Waals surface area contributed by atoms with Crippen LogP contribution in [0.4, 0.5) is 0 Å². The summed E-state index contributed by atoms with van der Waals surface area (Å²) in [7, 11) is 0. The lowest BCUT2D eigenvalue weighted by Gasteiger charge is -1.95. The van der Waals surface area contributed by atoms with Crippen LogP contribution in [-0.4, -0.2) is 19.6 Å². The van der Waals surface area contributed by atoms with Crippen LogP contribution >= 0.6 is 0 Å². The summed E-state index contributed by atoms with van der Waals surface area (Å²) < 4.78 is 2.03. The number of aromatic nitrogens is 4. The van der Waals surface area contributed by atoms with Crippen molar-refractivity contribution in [2.24, 2.45) is 0 Å². The first kappa shape index (κ1) is 7.44. The minimum Gasteiger partial charge on any atom is -0.298 e. The molecule has 3 aromatic heterocycles. The fourth-order valence-corrected chi connectivity index (χ4v) is 1.68.